The van der Waals surface area contributed by atoms with E-state index in [-0.39, 0.29) is 23.0 Å². The molecule has 0 aliphatic heterocycles. The van der Waals surface area contributed by atoms with E-state index in [0.29, 0.717) is 6.42 Å². The molecule has 0 radical (unpaired) electrons. The number of nitrogens with zero attached hydrogens (tertiary/aromatic N) is 2. The van der Waals surface area contributed by atoms with Crippen molar-refractivity contribution in [3.8, 4) is 0 Å². The Morgan fingerprint density at radius 3 is 2.72 bits per heavy atom. The second kappa shape index (κ2) is 8.29. The van der Waals surface area contributed by atoms with E-state index in [1.54, 1.807) is 0 Å². The van der Waals surface area contributed by atoms with Crippen molar-refractivity contribution in [1.82, 2.24) is 4.57 Å². The van der Waals surface area contributed by atoms with Gasteiger partial charge in [0.05, 0.1) is 27.1 Å². The number of rotatable bonds is 6. The van der Waals surface area contributed by atoms with Gasteiger partial charge < -0.3 is 21.7 Å². The van der Waals surface area contributed by atoms with E-state index in [4.69, 9.17) is 0 Å². The molecule has 104 valence electrons. The van der Waals surface area contributed by atoms with Gasteiger partial charge in [0.15, 0.2) is 0 Å². The first-order chi connectivity index (χ1) is 8.10. The Kier molecular flexibility index (Phi) is 7.91. The predicted octanol–water partition coefficient (Wildman–Crippen LogP) is -1.47. The number of aromatic nitrogens is 2. The highest BCUT2D eigenvalue weighted by Crippen LogP contribution is 2.08. The smallest absolute Gasteiger partial charge is 0.305 e. The average Bonchev–Trinajstić information content (AvgIpc) is 2.60. The number of unbranched alkanes of at least 4 members (excludes halogenated alkanes) is 1. The SMILES string of the molecule is CCCCn1c(CCC(=O)OC)c[n+](C)c1C.[Br-]. The van der Waals surface area contributed by atoms with Crippen LogP contribution in [-0.2, 0) is 29.5 Å². The molecule has 0 amide bonds. The Balaban J connectivity index is 0.00000289. The van der Waals surface area contributed by atoms with Gasteiger partial charge >= 0.3 is 5.97 Å². The summed E-state index contributed by atoms with van der Waals surface area (Å²) in [4.78, 5) is 11.2. The van der Waals surface area contributed by atoms with Gasteiger partial charge in [-0.1, -0.05) is 13.3 Å². The van der Waals surface area contributed by atoms with Crippen LogP contribution in [0.3, 0.4) is 0 Å². The first-order valence-corrected chi connectivity index (χ1v) is 6.21. The number of carbonyl (C=O) groups is 1. The lowest BCUT2D eigenvalue weighted by Gasteiger charge is -2.02. The van der Waals surface area contributed by atoms with E-state index in [9.17, 15) is 4.79 Å². The number of imidazole rings is 1. The highest BCUT2D eigenvalue weighted by molar-refractivity contribution is 5.69. The van der Waals surface area contributed by atoms with Crippen molar-refractivity contribution in [2.24, 2.45) is 7.05 Å². The van der Waals surface area contributed by atoms with E-state index in [2.05, 4.69) is 33.9 Å². The maximum atomic E-state index is 11.2. The summed E-state index contributed by atoms with van der Waals surface area (Å²) in [5.41, 5.74) is 1.21. The van der Waals surface area contributed by atoms with Gasteiger partial charge in [0.2, 0.25) is 0 Å². The van der Waals surface area contributed by atoms with Crippen molar-refractivity contribution < 1.29 is 31.1 Å². The van der Waals surface area contributed by atoms with Crippen LogP contribution in [-0.4, -0.2) is 17.6 Å². The van der Waals surface area contributed by atoms with Crippen molar-refractivity contribution >= 4 is 5.97 Å². The van der Waals surface area contributed by atoms with E-state index in [1.807, 2.05) is 7.05 Å². The van der Waals surface area contributed by atoms with Crippen LogP contribution in [0.2, 0.25) is 0 Å². The molecule has 5 heteroatoms. The maximum Gasteiger partial charge on any atom is 0.305 e. The Labute approximate surface area is 120 Å². The third kappa shape index (κ3) is 4.44. The van der Waals surface area contributed by atoms with Gasteiger partial charge in [-0.2, -0.15) is 0 Å². The molecular formula is C13H23BrN2O2. The minimum absolute atomic E-state index is 0. The third-order valence-electron chi connectivity index (χ3n) is 3.14. The topological polar surface area (TPSA) is 35.1 Å². The van der Waals surface area contributed by atoms with Gasteiger partial charge in [0.1, 0.15) is 11.9 Å². The summed E-state index contributed by atoms with van der Waals surface area (Å²) in [7, 11) is 3.48. The molecule has 0 aromatic carbocycles. The highest BCUT2D eigenvalue weighted by Gasteiger charge is 2.17. The number of hydrogen-bond acceptors (Lipinski definition) is 2. The molecule has 0 saturated carbocycles. The summed E-state index contributed by atoms with van der Waals surface area (Å²) in [6.07, 6.45) is 5.65. The number of methoxy groups -OCH3 is 1. The number of aryl methyl sites for hydroxylation is 2. The second-order valence-electron chi connectivity index (χ2n) is 4.36. The van der Waals surface area contributed by atoms with Crippen LogP contribution in [0.5, 0.6) is 0 Å². The van der Waals surface area contributed by atoms with Crippen molar-refractivity contribution in [2.45, 2.75) is 46.1 Å². The van der Waals surface area contributed by atoms with Gasteiger partial charge in [0.25, 0.3) is 5.82 Å². The van der Waals surface area contributed by atoms with Gasteiger partial charge in [-0.15, -0.1) is 0 Å². The van der Waals surface area contributed by atoms with Crippen LogP contribution in [0, 0.1) is 6.92 Å². The minimum atomic E-state index is -0.145. The number of halogens is 1. The van der Waals surface area contributed by atoms with Crippen molar-refractivity contribution in [3.63, 3.8) is 0 Å². The average molecular weight is 319 g/mol. The lowest BCUT2D eigenvalue weighted by Crippen LogP contribution is -3.00. The van der Waals surface area contributed by atoms with Gasteiger partial charge in [0, 0.05) is 13.3 Å². The Hall–Kier alpha value is -0.840. The van der Waals surface area contributed by atoms with Crippen molar-refractivity contribution in [2.75, 3.05) is 7.11 Å². The lowest BCUT2D eigenvalue weighted by atomic mass is 10.2. The summed E-state index contributed by atoms with van der Waals surface area (Å²) in [5, 5.41) is 0. The van der Waals surface area contributed by atoms with Crippen LogP contribution in [0.1, 0.15) is 37.7 Å². The zero-order valence-electron chi connectivity index (χ0n) is 11.7. The molecule has 0 N–H and O–H groups in total. The quantitative estimate of drug-likeness (QED) is 0.474. The first kappa shape index (κ1) is 17.2. The molecule has 0 fully saturated rings. The lowest BCUT2D eigenvalue weighted by molar-refractivity contribution is -0.677. The molecule has 4 nitrogen and oxygen atoms in total. The molecular weight excluding hydrogens is 296 g/mol. The van der Waals surface area contributed by atoms with Crippen LogP contribution in [0.25, 0.3) is 0 Å². The van der Waals surface area contributed by atoms with Crippen LogP contribution >= 0.6 is 0 Å². The maximum absolute atomic E-state index is 11.2. The molecule has 1 rings (SSSR count). The van der Waals surface area contributed by atoms with Crippen molar-refractivity contribution in [3.05, 3.63) is 17.7 Å². The highest BCUT2D eigenvalue weighted by atomic mass is 79.9. The fourth-order valence-electron chi connectivity index (χ4n) is 1.94. The summed E-state index contributed by atoms with van der Waals surface area (Å²) < 4.78 is 9.09. The van der Waals surface area contributed by atoms with E-state index >= 15 is 0 Å². The van der Waals surface area contributed by atoms with Crippen LogP contribution in [0.15, 0.2) is 6.20 Å². The van der Waals surface area contributed by atoms with Crippen LogP contribution in [0.4, 0.5) is 0 Å². The number of esters is 1. The Morgan fingerprint density at radius 1 is 1.50 bits per heavy atom. The molecule has 1 aromatic heterocycles. The predicted molar refractivity (Wildman–Crippen MR) is 65.6 cm³/mol. The molecule has 0 atom stereocenters. The molecule has 18 heavy (non-hydrogen) atoms. The third-order valence-corrected chi connectivity index (χ3v) is 3.14. The largest absolute Gasteiger partial charge is 1.00 e. The molecule has 1 aromatic rings. The Bertz CT molecular complexity index is 389. The molecule has 0 spiro atoms. The summed E-state index contributed by atoms with van der Waals surface area (Å²) in [5.74, 6) is 1.09. The molecule has 0 unspecified atom stereocenters. The zero-order valence-corrected chi connectivity index (χ0v) is 13.3. The van der Waals surface area contributed by atoms with E-state index in [1.165, 1.54) is 31.5 Å². The van der Waals surface area contributed by atoms with Gasteiger partial charge in [-0.25, -0.2) is 9.13 Å². The summed E-state index contributed by atoms with van der Waals surface area (Å²) >= 11 is 0. The fraction of sp³-hybridized carbons (Fsp3) is 0.692. The molecule has 0 bridgehead atoms. The Morgan fingerprint density at radius 2 is 2.17 bits per heavy atom. The molecule has 1 heterocycles. The first-order valence-electron chi connectivity index (χ1n) is 6.21. The minimum Gasteiger partial charge on any atom is -1.00 e. The van der Waals surface area contributed by atoms with E-state index < -0.39 is 0 Å². The monoisotopic (exact) mass is 318 g/mol. The zero-order chi connectivity index (χ0) is 12.8. The van der Waals surface area contributed by atoms with E-state index in [0.717, 1.165) is 13.0 Å². The van der Waals surface area contributed by atoms with Gasteiger partial charge in [-0.05, 0) is 6.42 Å². The summed E-state index contributed by atoms with van der Waals surface area (Å²) in [6.45, 7) is 5.32. The van der Waals surface area contributed by atoms with Crippen LogP contribution < -0.4 is 21.5 Å². The second-order valence-corrected chi connectivity index (χ2v) is 4.36. The summed E-state index contributed by atoms with van der Waals surface area (Å²) in [6, 6.07) is 0. The number of carbonyl (C=O) groups excluding carboxylic acids is 1. The number of ether oxygens (including phenoxy) is 1. The molecule has 0 aliphatic carbocycles. The molecule has 0 aliphatic rings. The molecule has 0 saturated heterocycles. The van der Waals surface area contributed by atoms with Crippen molar-refractivity contribution in [1.29, 1.82) is 0 Å². The van der Waals surface area contributed by atoms with Gasteiger partial charge in [-0.3, -0.25) is 4.79 Å². The fourth-order valence-corrected chi connectivity index (χ4v) is 1.94. The number of hydrogen-bond donors (Lipinski definition) is 0. The standard InChI is InChI=1S/C13H23N2O2.BrH/c1-5-6-9-15-11(2)14(3)10-12(15)7-8-13(16)17-4;/h10H,5-9H2,1-4H3;1H/q+1;/p-1. The normalized spacial score (nSPS) is 10.0.